The van der Waals surface area contributed by atoms with Crippen molar-refractivity contribution < 1.29 is 4.74 Å². The number of benzene rings is 1. The zero-order chi connectivity index (χ0) is 14.4. The summed E-state index contributed by atoms with van der Waals surface area (Å²) in [7, 11) is 0. The van der Waals surface area contributed by atoms with E-state index in [-0.39, 0.29) is 6.04 Å². The second-order valence-corrected chi connectivity index (χ2v) is 6.18. The zero-order valence-electron chi connectivity index (χ0n) is 12.1. The number of nitrogens with two attached hydrogens (primary N) is 1. The first-order chi connectivity index (χ1) is 9.72. The Hall–Kier alpha value is -0.770. The van der Waals surface area contributed by atoms with Crippen LogP contribution in [0.15, 0.2) is 24.3 Å². The number of halogens is 1. The van der Waals surface area contributed by atoms with Crippen molar-refractivity contribution in [2.75, 3.05) is 6.61 Å². The molecule has 2 rings (SSSR count). The molecule has 3 N–H and O–H groups in total. The molecule has 0 saturated heterocycles. The molecule has 1 aromatic carbocycles. The Morgan fingerprint density at radius 1 is 1.45 bits per heavy atom. The van der Waals surface area contributed by atoms with E-state index in [1.807, 2.05) is 24.3 Å². The number of hydrogen-bond acceptors (Lipinski definition) is 3. The minimum absolute atomic E-state index is 0.211. The van der Waals surface area contributed by atoms with Gasteiger partial charge in [-0.2, -0.15) is 0 Å². The quantitative estimate of drug-likeness (QED) is 0.620. The fourth-order valence-electron chi connectivity index (χ4n) is 3.13. The average Bonchev–Trinajstić information content (AvgIpc) is 2.48. The van der Waals surface area contributed by atoms with Gasteiger partial charge in [-0.3, -0.25) is 11.3 Å². The van der Waals surface area contributed by atoms with Crippen molar-refractivity contribution in [3.63, 3.8) is 0 Å². The van der Waals surface area contributed by atoms with Gasteiger partial charge in [0.25, 0.3) is 0 Å². The fraction of sp³-hybridized carbons (Fsp3) is 0.625. The van der Waals surface area contributed by atoms with Crippen LogP contribution in [0.25, 0.3) is 0 Å². The van der Waals surface area contributed by atoms with Crippen molar-refractivity contribution in [3.05, 3.63) is 29.3 Å². The monoisotopic (exact) mass is 296 g/mol. The molecule has 1 fully saturated rings. The van der Waals surface area contributed by atoms with Crippen LogP contribution in [0.2, 0.25) is 5.02 Å². The average molecular weight is 297 g/mol. The van der Waals surface area contributed by atoms with Crippen LogP contribution in [0.1, 0.15) is 39.0 Å². The highest BCUT2D eigenvalue weighted by molar-refractivity contribution is 6.30. The SMILES string of the molecule is CCC1CCCC(C(COc2cccc(Cl)c2)NN)C1. The maximum absolute atomic E-state index is 5.96. The highest BCUT2D eigenvalue weighted by Gasteiger charge is 2.27. The summed E-state index contributed by atoms with van der Waals surface area (Å²) in [5.74, 6) is 7.99. The Morgan fingerprint density at radius 3 is 3.00 bits per heavy atom. The first-order valence-corrected chi connectivity index (χ1v) is 7.95. The largest absolute Gasteiger partial charge is 0.492 e. The number of rotatable bonds is 6. The fourth-order valence-corrected chi connectivity index (χ4v) is 3.31. The molecule has 1 aliphatic rings. The number of hydrazine groups is 1. The summed E-state index contributed by atoms with van der Waals surface area (Å²) >= 11 is 5.96. The lowest BCUT2D eigenvalue weighted by Crippen LogP contribution is -2.46. The lowest BCUT2D eigenvalue weighted by Gasteiger charge is -2.33. The van der Waals surface area contributed by atoms with Gasteiger partial charge in [-0.1, -0.05) is 43.9 Å². The highest BCUT2D eigenvalue weighted by Crippen LogP contribution is 2.33. The van der Waals surface area contributed by atoms with Gasteiger partial charge >= 0.3 is 0 Å². The summed E-state index contributed by atoms with van der Waals surface area (Å²) in [4.78, 5) is 0. The normalized spacial score (nSPS) is 24.4. The molecule has 0 heterocycles. The van der Waals surface area contributed by atoms with E-state index in [9.17, 15) is 0 Å². The lowest BCUT2D eigenvalue weighted by molar-refractivity contribution is 0.159. The predicted octanol–water partition coefficient (Wildman–Crippen LogP) is 3.77. The zero-order valence-corrected chi connectivity index (χ0v) is 12.9. The van der Waals surface area contributed by atoms with Crippen molar-refractivity contribution in [2.45, 2.75) is 45.1 Å². The Morgan fingerprint density at radius 2 is 2.30 bits per heavy atom. The molecule has 112 valence electrons. The van der Waals surface area contributed by atoms with Crippen molar-refractivity contribution in [2.24, 2.45) is 17.7 Å². The van der Waals surface area contributed by atoms with Crippen LogP contribution in [0.5, 0.6) is 5.75 Å². The number of hydrogen-bond donors (Lipinski definition) is 2. The molecule has 0 amide bonds. The van der Waals surface area contributed by atoms with Gasteiger partial charge < -0.3 is 4.74 Å². The predicted molar refractivity (Wildman–Crippen MR) is 83.8 cm³/mol. The first kappa shape index (κ1) is 15.6. The van der Waals surface area contributed by atoms with Crippen molar-refractivity contribution in [1.29, 1.82) is 0 Å². The van der Waals surface area contributed by atoms with E-state index >= 15 is 0 Å². The van der Waals surface area contributed by atoms with E-state index in [0.717, 1.165) is 11.7 Å². The van der Waals surface area contributed by atoms with Gasteiger partial charge in [0.15, 0.2) is 0 Å². The van der Waals surface area contributed by atoms with Crippen molar-refractivity contribution >= 4 is 11.6 Å². The summed E-state index contributed by atoms with van der Waals surface area (Å²) in [6, 6.07) is 7.72. The Labute approximate surface area is 126 Å². The van der Waals surface area contributed by atoms with Crippen LogP contribution in [0.3, 0.4) is 0 Å². The maximum atomic E-state index is 5.96. The molecule has 1 saturated carbocycles. The number of nitrogens with one attached hydrogen (secondary N) is 1. The molecular formula is C16H25ClN2O. The van der Waals surface area contributed by atoms with Crippen LogP contribution in [0, 0.1) is 11.8 Å². The van der Waals surface area contributed by atoms with Gasteiger partial charge in [-0.05, 0) is 42.9 Å². The first-order valence-electron chi connectivity index (χ1n) is 7.57. The maximum Gasteiger partial charge on any atom is 0.120 e. The molecule has 0 bridgehead atoms. The summed E-state index contributed by atoms with van der Waals surface area (Å²) in [6.07, 6.45) is 6.43. The second kappa shape index (κ2) is 7.87. The molecule has 20 heavy (non-hydrogen) atoms. The van der Waals surface area contributed by atoms with Gasteiger partial charge in [0, 0.05) is 5.02 Å². The van der Waals surface area contributed by atoms with Gasteiger partial charge in [-0.15, -0.1) is 0 Å². The van der Waals surface area contributed by atoms with Crippen LogP contribution >= 0.6 is 11.6 Å². The van der Waals surface area contributed by atoms with Crippen LogP contribution < -0.4 is 16.0 Å². The summed E-state index contributed by atoms with van der Waals surface area (Å²) in [6.45, 7) is 2.87. The molecule has 4 heteroatoms. The topological polar surface area (TPSA) is 47.3 Å². The third-order valence-electron chi connectivity index (χ3n) is 4.41. The summed E-state index contributed by atoms with van der Waals surface area (Å²) < 4.78 is 5.84. The molecule has 0 aliphatic heterocycles. The summed E-state index contributed by atoms with van der Waals surface area (Å²) in [5.41, 5.74) is 2.94. The molecule has 0 spiro atoms. The van der Waals surface area contributed by atoms with Crippen LogP contribution in [-0.4, -0.2) is 12.6 Å². The molecule has 0 aromatic heterocycles. The van der Waals surface area contributed by atoms with E-state index in [1.54, 1.807) is 0 Å². The van der Waals surface area contributed by atoms with Crippen LogP contribution in [-0.2, 0) is 0 Å². The van der Waals surface area contributed by atoms with E-state index in [2.05, 4.69) is 12.3 Å². The van der Waals surface area contributed by atoms with E-state index in [0.29, 0.717) is 17.5 Å². The molecule has 1 aliphatic carbocycles. The number of ether oxygens (including phenoxy) is 1. The van der Waals surface area contributed by atoms with E-state index in [1.165, 1.54) is 32.1 Å². The smallest absolute Gasteiger partial charge is 0.120 e. The molecule has 0 radical (unpaired) electrons. The minimum atomic E-state index is 0.211. The standard InChI is InChI=1S/C16H25ClN2O/c1-2-12-5-3-6-13(9-12)16(19-18)11-20-15-8-4-7-14(17)10-15/h4,7-8,10,12-13,16,19H,2-3,5-6,9,11,18H2,1H3. The Bertz CT molecular complexity index is 413. The molecule has 3 nitrogen and oxygen atoms in total. The molecule has 1 aromatic rings. The third kappa shape index (κ3) is 4.37. The molecule has 3 atom stereocenters. The molecule has 3 unspecified atom stereocenters. The van der Waals surface area contributed by atoms with Crippen molar-refractivity contribution in [1.82, 2.24) is 5.43 Å². The Balaban J connectivity index is 1.88. The van der Waals surface area contributed by atoms with Crippen LogP contribution in [0.4, 0.5) is 0 Å². The molecular weight excluding hydrogens is 272 g/mol. The van der Waals surface area contributed by atoms with Gasteiger partial charge in [0.05, 0.1) is 6.04 Å². The Kier molecular flexibility index (Phi) is 6.14. The third-order valence-corrected chi connectivity index (χ3v) is 4.64. The highest BCUT2D eigenvalue weighted by atomic mass is 35.5. The van der Waals surface area contributed by atoms with Gasteiger partial charge in [0.1, 0.15) is 12.4 Å². The van der Waals surface area contributed by atoms with Gasteiger partial charge in [0.2, 0.25) is 0 Å². The van der Waals surface area contributed by atoms with Gasteiger partial charge in [-0.25, -0.2) is 0 Å². The van der Waals surface area contributed by atoms with E-state index in [4.69, 9.17) is 22.2 Å². The lowest BCUT2D eigenvalue weighted by atomic mass is 9.77. The summed E-state index contributed by atoms with van der Waals surface area (Å²) in [5, 5.41) is 0.698. The second-order valence-electron chi connectivity index (χ2n) is 5.74. The van der Waals surface area contributed by atoms with E-state index < -0.39 is 0 Å². The van der Waals surface area contributed by atoms with Crippen molar-refractivity contribution in [3.8, 4) is 5.75 Å². The minimum Gasteiger partial charge on any atom is -0.492 e.